The molecule has 0 bridgehead atoms. The Balaban J connectivity index is 0.000000205. The highest BCUT2D eigenvalue weighted by atomic mass is 79.9. The van der Waals surface area contributed by atoms with Gasteiger partial charge in [-0.05, 0) is 36.4 Å². The van der Waals surface area contributed by atoms with E-state index < -0.39 is 40.6 Å². The molecule has 0 radical (unpaired) electrons. The van der Waals surface area contributed by atoms with Crippen molar-refractivity contribution in [3.8, 4) is 46.7 Å². The Morgan fingerprint density at radius 3 is 1.69 bits per heavy atom. The molecule has 4 aromatic rings. The number of carbonyl (C=O) groups excluding carboxylic acids is 4. The van der Waals surface area contributed by atoms with Crippen molar-refractivity contribution >= 4 is 51.2 Å². The first kappa shape index (κ1) is 41.2. The molecule has 0 aliphatic carbocycles. The number of carbonyl (C=O) groups is 4. The lowest BCUT2D eigenvalue weighted by Crippen LogP contribution is -2.37. The van der Waals surface area contributed by atoms with E-state index in [1.165, 1.54) is 46.5 Å². The molecule has 2 aromatic heterocycles. The van der Waals surface area contributed by atoms with Crippen LogP contribution >= 0.6 is 15.9 Å². The average Bonchev–Trinajstić information content (AvgIpc) is 3.57. The van der Waals surface area contributed by atoms with Gasteiger partial charge in [0.25, 0.3) is 23.6 Å². The molecule has 2 atom stereocenters. The Labute approximate surface area is 321 Å². The number of likely N-dealkylation sites (N-methyl/N-ethyl adjacent to an activating group) is 2. The number of amides is 4. The minimum atomic E-state index is -1.76. The van der Waals surface area contributed by atoms with Crippen molar-refractivity contribution in [2.45, 2.75) is 24.0 Å². The first-order chi connectivity index (χ1) is 25.8. The minimum absolute atomic E-state index is 0.0265. The molecule has 0 spiro atoms. The Kier molecular flexibility index (Phi) is 12.5. The van der Waals surface area contributed by atoms with Crippen molar-refractivity contribution in [1.82, 2.24) is 29.7 Å². The zero-order valence-corrected chi connectivity index (χ0v) is 30.8. The fourth-order valence-electron chi connectivity index (χ4n) is 5.05. The quantitative estimate of drug-likeness (QED) is 0.157. The Bertz CT molecular complexity index is 2310. The molecular weight excluding hydrogens is 786 g/mol. The van der Waals surface area contributed by atoms with Gasteiger partial charge in [-0.3, -0.25) is 19.2 Å². The van der Waals surface area contributed by atoms with Crippen LogP contribution in [0.4, 0.5) is 20.4 Å². The van der Waals surface area contributed by atoms with Crippen molar-refractivity contribution in [3.05, 3.63) is 81.9 Å². The smallest absolute Gasteiger partial charge is 0.271 e. The van der Waals surface area contributed by atoms with E-state index in [1.54, 1.807) is 20.2 Å². The monoisotopic (exact) mass is 818 g/mol. The number of anilines is 2. The first-order valence-electron chi connectivity index (χ1n) is 15.9. The molecule has 16 nitrogen and oxygen atoms in total. The van der Waals surface area contributed by atoms with Gasteiger partial charge < -0.3 is 42.9 Å². The van der Waals surface area contributed by atoms with E-state index in [0.29, 0.717) is 29.5 Å². The van der Waals surface area contributed by atoms with Crippen molar-refractivity contribution in [1.29, 1.82) is 0 Å². The predicted molar refractivity (Wildman–Crippen MR) is 199 cm³/mol. The number of nitrogen functional groups attached to an aromatic ring is 2. The molecule has 19 heteroatoms. The van der Waals surface area contributed by atoms with E-state index in [-0.39, 0.29) is 57.9 Å². The first-order valence-corrected chi connectivity index (χ1v) is 16.7. The predicted octanol–water partition coefficient (Wildman–Crippen LogP) is 0.848. The SMILES string of the molecule is C#C[C@]1(O)CCN(C)C1=O.CN1CC[C@@](O)(C#Cc2ccc(F)c(-c3cnc(N)c(C(N)=O)n3)c2)C1=O.NC(=O)c1nc(-c2cc(Br)ccc2F)cnc1N. The molecule has 4 heterocycles. The summed E-state index contributed by atoms with van der Waals surface area (Å²) in [6, 6.07) is 8.30. The zero-order chi connectivity index (χ0) is 40.8. The van der Waals surface area contributed by atoms with Crippen LogP contribution in [0.2, 0.25) is 0 Å². The molecule has 2 aliphatic heterocycles. The van der Waals surface area contributed by atoms with E-state index in [1.807, 2.05) is 0 Å². The third kappa shape index (κ3) is 9.34. The van der Waals surface area contributed by atoms with Gasteiger partial charge in [-0.2, -0.15) is 0 Å². The molecule has 284 valence electrons. The highest BCUT2D eigenvalue weighted by molar-refractivity contribution is 9.10. The second-order valence-corrected chi connectivity index (χ2v) is 13.0. The summed E-state index contributed by atoms with van der Waals surface area (Å²) in [5.74, 6) is 3.45. The minimum Gasteiger partial charge on any atom is -0.382 e. The third-order valence-corrected chi connectivity index (χ3v) is 8.68. The van der Waals surface area contributed by atoms with Crippen LogP contribution in [0.1, 0.15) is 39.4 Å². The molecule has 0 unspecified atom stereocenters. The van der Waals surface area contributed by atoms with Crippen molar-refractivity contribution in [3.63, 3.8) is 0 Å². The van der Waals surface area contributed by atoms with Gasteiger partial charge in [0.2, 0.25) is 11.2 Å². The molecular formula is C36H33BrF2N10O6. The number of hydrogen-bond donors (Lipinski definition) is 6. The maximum atomic E-state index is 14.2. The summed E-state index contributed by atoms with van der Waals surface area (Å²) in [4.78, 5) is 63.7. The highest BCUT2D eigenvalue weighted by Gasteiger charge is 2.43. The van der Waals surface area contributed by atoms with E-state index >= 15 is 0 Å². The van der Waals surface area contributed by atoms with Gasteiger partial charge in [0.05, 0.1) is 23.8 Å². The lowest BCUT2D eigenvalue weighted by molar-refractivity contribution is -0.138. The van der Waals surface area contributed by atoms with Crippen LogP contribution in [0.5, 0.6) is 0 Å². The summed E-state index contributed by atoms with van der Waals surface area (Å²) in [6.07, 6.45) is 8.00. The van der Waals surface area contributed by atoms with Gasteiger partial charge >= 0.3 is 0 Å². The highest BCUT2D eigenvalue weighted by Crippen LogP contribution is 2.27. The number of primary amides is 2. The number of terminal acetylenes is 1. The largest absolute Gasteiger partial charge is 0.382 e. The topological polar surface area (TPSA) is 271 Å². The zero-order valence-electron chi connectivity index (χ0n) is 29.2. The van der Waals surface area contributed by atoms with Crippen molar-refractivity contribution in [2.75, 3.05) is 38.7 Å². The van der Waals surface area contributed by atoms with Crippen molar-refractivity contribution < 1.29 is 38.2 Å². The standard InChI is InChI=1S/C18H16FN5O3.C11H8BrFN4O.C7H9NO2/c1-24-7-6-18(27,17(24)26)5-4-10-2-3-12(19)11(8-10)13-9-22-15(20)14(23-13)16(21)25;12-5-1-2-7(13)6(3-5)8-4-16-10(14)9(17-8)11(15)18;1-3-7(10)4-5-8(2)6(7)9/h2-3,8-9,27H,6-7H2,1H3,(H2,20,22)(H2,21,25);1-4H,(H2,14,16)(H2,15,18);1,10H,4-5H2,2H3/t18-;;7-/m0.0/s1. The molecule has 2 fully saturated rings. The molecule has 2 aromatic carbocycles. The van der Waals surface area contributed by atoms with Crippen LogP contribution in [0.25, 0.3) is 22.5 Å². The van der Waals surface area contributed by atoms with E-state index in [9.17, 15) is 38.2 Å². The summed E-state index contributed by atoms with van der Waals surface area (Å²) < 4.78 is 28.6. The maximum absolute atomic E-state index is 14.2. The summed E-state index contributed by atoms with van der Waals surface area (Å²) in [7, 11) is 3.20. The molecule has 4 amide bonds. The number of nitrogens with zero attached hydrogens (tertiary/aromatic N) is 6. The van der Waals surface area contributed by atoms with Crippen LogP contribution in [0, 0.1) is 35.8 Å². The average molecular weight is 820 g/mol. The number of rotatable bonds is 4. The summed E-state index contributed by atoms with van der Waals surface area (Å²) in [6.45, 7) is 0.940. The molecule has 55 heavy (non-hydrogen) atoms. The second-order valence-electron chi connectivity index (χ2n) is 12.1. The van der Waals surface area contributed by atoms with Gasteiger partial charge in [0.1, 0.15) is 11.6 Å². The van der Waals surface area contributed by atoms with Gasteiger partial charge in [-0.1, -0.05) is 33.7 Å². The van der Waals surface area contributed by atoms with Crippen molar-refractivity contribution in [2.24, 2.45) is 11.5 Å². The van der Waals surface area contributed by atoms with Crippen LogP contribution in [-0.4, -0.2) is 102 Å². The maximum Gasteiger partial charge on any atom is 0.271 e. The molecule has 10 N–H and O–H groups in total. The van der Waals surface area contributed by atoms with E-state index in [0.717, 1.165) is 6.07 Å². The van der Waals surface area contributed by atoms with E-state index in [4.69, 9.17) is 29.4 Å². The number of benzene rings is 2. The molecule has 0 saturated carbocycles. The fraction of sp³-hybridized carbons (Fsp3) is 0.222. The fourth-order valence-corrected chi connectivity index (χ4v) is 5.41. The second kappa shape index (κ2) is 16.6. The molecule has 2 saturated heterocycles. The van der Waals surface area contributed by atoms with Gasteiger partial charge in [-0.15, -0.1) is 6.42 Å². The number of hydrogen-bond acceptors (Lipinski definition) is 12. The van der Waals surface area contributed by atoms with Crippen LogP contribution in [0.3, 0.4) is 0 Å². The third-order valence-electron chi connectivity index (χ3n) is 8.19. The van der Waals surface area contributed by atoms with Gasteiger partial charge in [-0.25, -0.2) is 28.7 Å². The van der Waals surface area contributed by atoms with Crippen LogP contribution in [0.15, 0.2) is 53.3 Å². The normalized spacial score (nSPS) is 18.6. The summed E-state index contributed by atoms with van der Waals surface area (Å²) >= 11 is 3.22. The van der Waals surface area contributed by atoms with Crippen LogP contribution in [-0.2, 0) is 9.59 Å². The number of nitrogens with two attached hydrogens (primary N) is 4. The van der Waals surface area contributed by atoms with Gasteiger partial charge in [0, 0.05) is 61.2 Å². The number of likely N-dealkylation sites (tertiary alicyclic amines) is 2. The number of aliphatic hydroxyl groups is 2. The molecule has 6 rings (SSSR count). The van der Waals surface area contributed by atoms with E-state index in [2.05, 4.69) is 53.6 Å². The summed E-state index contributed by atoms with van der Waals surface area (Å²) in [5.41, 5.74) is 18.4. The Morgan fingerprint density at radius 2 is 1.27 bits per heavy atom. The lowest BCUT2D eigenvalue weighted by Gasteiger charge is -2.13. The lowest BCUT2D eigenvalue weighted by atomic mass is 10.0. The number of halogens is 3. The van der Waals surface area contributed by atoms with Crippen LogP contribution < -0.4 is 22.9 Å². The van der Waals surface area contributed by atoms with Gasteiger partial charge in [0.15, 0.2) is 23.0 Å². The summed E-state index contributed by atoms with van der Waals surface area (Å²) in [5, 5.41) is 19.6. The number of aromatic nitrogens is 4. The molecule has 2 aliphatic rings. The Hall–Kier alpha value is -6.54. The Morgan fingerprint density at radius 1 is 0.818 bits per heavy atom.